The van der Waals surface area contributed by atoms with Crippen molar-refractivity contribution in [1.82, 2.24) is 4.98 Å². The van der Waals surface area contributed by atoms with Crippen molar-refractivity contribution in [3.63, 3.8) is 0 Å². The number of hydrogen-bond donors (Lipinski definition) is 2. The first-order valence-corrected chi connectivity index (χ1v) is 9.04. The van der Waals surface area contributed by atoms with Gasteiger partial charge in [0.2, 0.25) is 5.91 Å². The predicted molar refractivity (Wildman–Crippen MR) is 99.1 cm³/mol. The molecule has 5 heteroatoms. The number of hydrogen-bond acceptors (Lipinski definition) is 3. The normalized spacial score (nSPS) is 18.3. The summed E-state index contributed by atoms with van der Waals surface area (Å²) in [7, 11) is 0. The number of benzene rings is 1. The summed E-state index contributed by atoms with van der Waals surface area (Å²) in [4.78, 5) is 17.0. The van der Waals surface area contributed by atoms with E-state index in [0.29, 0.717) is 16.6 Å². The van der Waals surface area contributed by atoms with Crippen LogP contribution in [0.25, 0.3) is 10.8 Å². The first kappa shape index (κ1) is 17.2. The number of halogens is 1. The second-order valence-electron chi connectivity index (χ2n) is 6.83. The van der Waals surface area contributed by atoms with Crippen LogP contribution in [0.5, 0.6) is 0 Å². The van der Waals surface area contributed by atoms with Gasteiger partial charge in [0.1, 0.15) is 0 Å². The molecular formula is C19H24ClN3O. The highest BCUT2D eigenvalue weighted by Crippen LogP contribution is 2.33. The van der Waals surface area contributed by atoms with Gasteiger partial charge in [-0.05, 0) is 49.3 Å². The maximum absolute atomic E-state index is 12.9. The summed E-state index contributed by atoms with van der Waals surface area (Å²) >= 11 is 6.34. The van der Waals surface area contributed by atoms with Crippen LogP contribution in [-0.4, -0.2) is 16.9 Å². The predicted octanol–water partition coefficient (Wildman–Crippen LogP) is 4.37. The van der Waals surface area contributed by atoms with Crippen molar-refractivity contribution in [2.24, 2.45) is 17.6 Å². The average molecular weight is 346 g/mol. The molecule has 1 heterocycles. The summed E-state index contributed by atoms with van der Waals surface area (Å²) in [5, 5.41) is 5.49. The van der Waals surface area contributed by atoms with Crippen molar-refractivity contribution in [1.29, 1.82) is 0 Å². The lowest BCUT2D eigenvalue weighted by molar-refractivity contribution is -0.122. The molecule has 0 radical (unpaired) electrons. The topological polar surface area (TPSA) is 68.0 Å². The molecule has 3 N–H and O–H groups in total. The van der Waals surface area contributed by atoms with Crippen LogP contribution < -0.4 is 11.1 Å². The molecule has 0 saturated heterocycles. The van der Waals surface area contributed by atoms with E-state index in [1.165, 1.54) is 19.3 Å². The molecule has 0 aliphatic heterocycles. The number of pyridine rings is 1. The van der Waals surface area contributed by atoms with Crippen LogP contribution in [0.15, 0.2) is 30.6 Å². The van der Waals surface area contributed by atoms with Crippen molar-refractivity contribution in [2.75, 3.05) is 5.32 Å². The lowest BCUT2D eigenvalue weighted by Crippen LogP contribution is -2.42. The lowest BCUT2D eigenvalue weighted by Gasteiger charge is -2.31. The van der Waals surface area contributed by atoms with E-state index in [0.717, 1.165) is 23.6 Å². The minimum Gasteiger partial charge on any atom is -0.327 e. The maximum atomic E-state index is 12.9. The Hall–Kier alpha value is -1.65. The van der Waals surface area contributed by atoms with E-state index in [-0.39, 0.29) is 17.9 Å². The molecule has 1 saturated carbocycles. The van der Waals surface area contributed by atoms with E-state index >= 15 is 0 Å². The molecule has 1 aromatic carbocycles. The molecule has 0 bridgehead atoms. The van der Waals surface area contributed by atoms with E-state index in [1.54, 1.807) is 12.4 Å². The molecule has 2 unspecified atom stereocenters. The second-order valence-corrected chi connectivity index (χ2v) is 7.23. The van der Waals surface area contributed by atoms with Gasteiger partial charge in [-0.3, -0.25) is 9.78 Å². The van der Waals surface area contributed by atoms with Crippen LogP contribution in [-0.2, 0) is 4.79 Å². The van der Waals surface area contributed by atoms with Crippen LogP contribution in [0.2, 0.25) is 5.02 Å². The number of fused-ring (bicyclic) bond motifs is 1. The molecule has 1 aromatic heterocycles. The maximum Gasteiger partial charge on any atom is 0.229 e. The highest BCUT2D eigenvalue weighted by Gasteiger charge is 2.32. The number of rotatable bonds is 4. The van der Waals surface area contributed by atoms with E-state index in [1.807, 2.05) is 25.1 Å². The lowest BCUT2D eigenvalue weighted by atomic mass is 9.76. The Morgan fingerprint density at radius 3 is 2.75 bits per heavy atom. The molecule has 1 amide bonds. The van der Waals surface area contributed by atoms with Gasteiger partial charge in [-0.1, -0.05) is 30.9 Å². The number of aromatic nitrogens is 1. The number of nitrogens with one attached hydrogen (secondary N) is 1. The molecule has 1 aliphatic carbocycles. The fraction of sp³-hybridized carbons (Fsp3) is 0.474. The highest BCUT2D eigenvalue weighted by molar-refractivity contribution is 6.34. The Morgan fingerprint density at radius 1 is 1.29 bits per heavy atom. The zero-order valence-electron chi connectivity index (χ0n) is 14.0. The monoisotopic (exact) mass is 345 g/mol. The van der Waals surface area contributed by atoms with Gasteiger partial charge in [0.25, 0.3) is 0 Å². The van der Waals surface area contributed by atoms with Crippen molar-refractivity contribution in [3.05, 3.63) is 35.6 Å². The van der Waals surface area contributed by atoms with Crippen molar-refractivity contribution in [3.8, 4) is 0 Å². The standard InChI is InChI=1S/C19H24ClN3O/c1-12(21)18(13-5-3-2-4-6-13)19(24)23-17-10-14-7-8-22-11-15(14)9-16(17)20/h7-13,18H,2-6,21H2,1H3,(H,23,24). The summed E-state index contributed by atoms with van der Waals surface area (Å²) in [6.45, 7) is 1.92. The van der Waals surface area contributed by atoms with E-state index in [2.05, 4.69) is 10.3 Å². The van der Waals surface area contributed by atoms with Gasteiger partial charge in [-0.15, -0.1) is 0 Å². The van der Waals surface area contributed by atoms with Crippen molar-refractivity contribution >= 4 is 34.0 Å². The zero-order valence-corrected chi connectivity index (χ0v) is 14.7. The molecule has 0 spiro atoms. The largest absolute Gasteiger partial charge is 0.327 e. The molecule has 4 nitrogen and oxygen atoms in total. The molecule has 1 aliphatic rings. The fourth-order valence-corrected chi connectivity index (χ4v) is 4.01. The molecule has 1 fully saturated rings. The third-order valence-corrected chi connectivity index (χ3v) is 5.32. The van der Waals surface area contributed by atoms with Crippen LogP contribution in [0.1, 0.15) is 39.0 Å². The van der Waals surface area contributed by atoms with Crippen LogP contribution >= 0.6 is 11.6 Å². The summed E-state index contributed by atoms with van der Waals surface area (Å²) in [5.74, 6) is 0.170. The van der Waals surface area contributed by atoms with Crippen molar-refractivity contribution in [2.45, 2.75) is 45.1 Å². The first-order chi connectivity index (χ1) is 11.6. The summed E-state index contributed by atoms with van der Waals surface area (Å²) in [6.07, 6.45) is 9.28. The van der Waals surface area contributed by atoms with Gasteiger partial charge in [-0.2, -0.15) is 0 Å². The Morgan fingerprint density at radius 2 is 2.04 bits per heavy atom. The molecular weight excluding hydrogens is 322 g/mol. The van der Waals surface area contributed by atoms with E-state index < -0.39 is 0 Å². The van der Waals surface area contributed by atoms with Gasteiger partial charge in [0.15, 0.2) is 0 Å². The summed E-state index contributed by atoms with van der Waals surface area (Å²) in [5.41, 5.74) is 6.79. The summed E-state index contributed by atoms with van der Waals surface area (Å²) in [6, 6.07) is 5.47. The van der Waals surface area contributed by atoms with Gasteiger partial charge < -0.3 is 11.1 Å². The van der Waals surface area contributed by atoms with Crippen molar-refractivity contribution < 1.29 is 4.79 Å². The molecule has 24 heavy (non-hydrogen) atoms. The molecule has 128 valence electrons. The second kappa shape index (κ2) is 7.49. The van der Waals surface area contributed by atoms with Crippen LogP contribution in [0, 0.1) is 11.8 Å². The molecule has 3 rings (SSSR count). The fourth-order valence-electron chi connectivity index (χ4n) is 3.80. The van der Waals surface area contributed by atoms with E-state index in [4.69, 9.17) is 17.3 Å². The van der Waals surface area contributed by atoms with Gasteiger partial charge in [-0.25, -0.2) is 0 Å². The van der Waals surface area contributed by atoms with Gasteiger partial charge >= 0.3 is 0 Å². The number of carbonyl (C=O) groups excluding carboxylic acids is 1. The average Bonchev–Trinajstić information content (AvgIpc) is 2.56. The van der Waals surface area contributed by atoms with Crippen LogP contribution in [0.3, 0.4) is 0 Å². The number of nitrogens with zero attached hydrogens (tertiary/aromatic N) is 1. The Bertz CT molecular complexity index is 726. The number of nitrogens with two attached hydrogens (primary N) is 1. The number of carbonyl (C=O) groups is 1. The minimum atomic E-state index is -0.172. The minimum absolute atomic E-state index is 0.0211. The molecule has 2 aromatic rings. The number of amides is 1. The third kappa shape index (κ3) is 3.70. The molecule has 2 atom stereocenters. The highest BCUT2D eigenvalue weighted by atomic mass is 35.5. The number of anilines is 1. The quantitative estimate of drug-likeness (QED) is 0.864. The summed E-state index contributed by atoms with van der Waals surface area (Å²) < 4.78 is 0. The van der Waals surface area contributed by atoms with Crippen LogP contribution in [0.4, 0.5) is 5.69 Å². The SMILES string of the molecule is CC(N)C(C(=O)Nc1cc2ccncc2cc1Cl)C1CCCCC1. The third-order valence-electron chi connectivity index (χ3n) is 5.01. The smallest absolute Gasteiger partial charge is 0.229 e. The Labute approximate surface area is 147 Å². The van der Waals surface area contributed by atoms with E-state index in [9.17, 15) is 4.79 Å². The first-order valence-electron chi connectivity index (χ1n) is 8.66. The van der Waals surface area contributed by atoms with Gasteiger partial charge in [0.05, 0.1) is 16.6 Å². The van der Waals surface area contributed by atoms with Gasteiger partial charge in [0, 0.05) is 23.8 Å². The Balaban J connectivity index is 1.82. The zero-order chi connectivity index (χ0) is 17.1. The Kier molecular flexibility index (Phi) is 5.36.